The van der Waals surface area contributed by atoms with Crippen molar-refractivity contribution in [3.05, 3.63) is 28.8 Å². The van der Waals surface area contributed by atoms with Gasteiger partial charge in [0.25, 0.3) is 0 Å². The second kappa shape index (κ2) is 6.34. The highest BCUT2D eigenvalue weighted by molar-refractivity contribution is 7.89. The first-order chi connectivity index (χ1) is 9.86. The summed E-state index contributed by atoms with van der Waals surface area (Å²) in [6, 6.07) is 4.11. The SMILES string of the molecule is COC(=O)c1cc(S(=O)(=O)N2CCC[C@@H](C)C2)ccc1Cl. The van der Waals surface area contributed by atoms with Crippen molar-refractivity contribution in [3.63, 3.8) is 0 Å². The first kappa shape index (κ1) is 16.3. The zero-order chi connectivity index (χ0) is 15.6. The first-order valence-electron chi connectivity index (χ1n) is 6.74. The van der Waals surface area contributed by atoms with E-state index in [2.05, 4.69) is 4.74 Å². The molecule has 0 unspecified atom stereocenters. The lowest BCUT2D eigenvalue weighted by Gasteiger charge is -2.30. The summed E-state index contributed by atoms with van der Waals surface area (Å²) in [5, 5.41) is 0.174. The lowest BCUT2D eigenvalue weighted by atomic mass is 10.0. The molecule has 0 bridgehead atoms. The lowest BCUT2D eigenvalue weighted by molar-refractivity contribution is 0.0600. The van der Waals surface area contributed by atoms with Crippen molar-refractivity contribution < 1.29 is 17.9 Å². The van der Waals surface area contributed by atoms with Gasteiger partial charge in [0.2, 0.25) is 10.0 Å². The van der Waals surface area contributed by atoms with Crippen LogP contribution in [0.3, 0.4) is 0 Å². The fraction of sp³-hybridized carbons (Fsp3) is 0.500. The number of ether oxygens (including phenoxy) is 1. The Morgan fingerprint density at radius 2 is 2.14 bits per heavy atom. The van der Waals surface area contributed by atoms with E-state index in [0.717, 1.165) is 12.8 Å². The quantitative estimate of drug-likeness (QED) is 0.798. The van der Waals surface area contributed by atoms with Gasteiger partial charge in [-0.2, -0.15) is 4.31 Å². The van der Waals surface area contributed by atoms with E-state index in [4.69, 9.17) is 11.6 Å². The molecule has 0 aromatic heterocycles. The van der Waals surface area contributed by atoms with Crippen LogP contribution >= 0.6 is 11.6 Å². The maximum atomic E-state index is 12.6. The number of halogens is 1. The fourth-order valence-corrected chi connectivity index (χ4v) is 4.26. The van der Waals surface area contributed by atoms with Crippen LogP contribution in [0.25, 0.3) is 0 Å². The molecule has 1 saturated heterocycles. The van der Waals surface area contributed by atoms with Crippen molar-refractivity contribution in [1.29, 1.82) is 0 Å². The number of nitrogens with zero attached hydrogens (tertiary/aromatic N) is 1. The van der Waals surface area contributed by atoms with Crippen LogP contribution in [0.5, 0.6) is 0 Å². The molecule has 2 rings (SSSR count). The third-order valence-corrected chi connectivity index (χ3v) is 5.79. The standard InChI is InChI=1S/C14H18ClNO4S/c1-10-4-3-7-16(9-10)21(18,19)11-5-6-13(15)12(8-11)14(17)20-2/h5-6,8,10H,3-4,7,9H2,1-2H3/t10-/m1/s1. The molecule has 1 heterocycles. The molecule has 0 spiro atoms. The number of rotatable bonds is 3. The summed E-state index contributed by atoms with van der Waals surface area (Å²) in [6.07, 6.45) is 1.87. The molecule has 1 aliphatic heterocycles. The van der Waals surface area contributed by atoms with E-state index in [1.165, 1.54) is 29.6 Å². The molecular formula is C14H18ClNO4S. The van der Waals surface area contributed by atoms with Crippen molar-refractivity contribution in [2.45, 2.75) is 24.7 Å². The molecule has 1 aromatic carbocycles. The minimum absolute atomic E-state index is 0.0605. The van der Waals surface area contributed by atoms with Crippen LogP contribution in [-0.2, 0) is 14.8 Å². The van der Waals surface area contributed by atoms with Crippen LogP contribution in [0.2, 0.25) is 5.02 Å². The van der Waals surface area contributed by atoms with Crippen molar-refractivity contribution >= 4 is 27.6 Å². The summed E-state index contributed by atoms with van der Waals surface area (Å²) >= 11 is 5.92. The molecule has 1 atom stereocenters. The number of benzene rings is 1. The van der Waals surface area contributed by atoms with Gasteiger partial charge in [0.15, 0.2) is 0 Å². The Morgan fingerprint density at radius 1 is 1.43 bits per heavy atom. The van der Waals surface area contributed by atoms with Gasteiger partial charge in [-0.05, 0) is 37.0 Å². The Labute approximate surface area is 129 Å². The monoisotopic (exact) mass is 331 g/mol. The molecule has 0 aliphatic carbocycles. The van der Waals surface area contributed by atoms with Gasteiger partial charge < -0.3 is 4.74 Å². The summed E-state index contributed by atoms with van der Waals surface area (Å²) in [5.41, 5.74) is 0.0605. The average molecular weight is 332 g/mol. The van der Waals surface area contributed by atoms with E-state index in [1.807, 2.05) is 6.92 Å². The Kier molecular flexibility index (Phi) is 4.91. The molecule has 116 valence electrons. The summed E-state index contributed by atoms with van der Waals surface area (Å²) in [7, 11) is -2.38. The molecule has 0 radical (unpaired) electrons. The van der Waals surface area contributed by atoms with Crippen molar-refractivity contribution in [1.82, 2.24) is 4.31 Å². The molecule has 1 aliphatic rings. The molecule has 5 nitrogen and oxygen atoms in total. The average Bonchev–Trinajstić information content (AvgIpc) is 2.46. The summed E-state index contributed by atoms with van der Waals surface area (Å²) in [5.74, 6) is -0.315. The van der Waals surface area contributed by atoms with E-state index in [-0.39, 0.29) is 15.5 Å². The van der Waals surface area contributed by atoms with E-state index >= 15 is 0 Å². The Bertz CT molecular complexity index is 644. The Balaban J connectivity index is 2.38. The number of carbonyl (C=O) groups excluding carboxylic acids is 1. The number of carbonyl (C=O) groups is 1. The number of esters is 1. The number of piperidine rings is 1. The Hall–Kier alpha value is -1.11. The topological polar surface area (TPSA) is 63.7 Å². The van der Waals surface area contributed by atoms with Crippen LogP contribution < -0.4 is 0 Å². The maximum Gasteiger partial charge on any atom is 0.339 e. The number of hydrogen-bond acceptors (Lipinski definition) is 4. The second-order valence-corrected chi connectivity index (χ2v) is 7.59. The largest absolute Gasteiger partial charge is 0.465 e. The van der Waals surface area contributed by atoms with E-state index in [9.17, 15) is 13.2 Å². The predicted octanol–water partition coefficient (Wildman–Crippen LogP) is 2.55. The molecule has 7 heteroatoms. The van der Waals surface area contributed by atoms with Gasteiger partial charge in [-0.15, -0.1) is 0 Å². The number of sulfonamides is 1. The molecular weight excluding hydrogens is 314 g/mol. The summed E-state index contributed by atoms with van der Waals surface area (Å²) in [4.78, 5) is 11.7. The maximum absolute atomic E-state index is 12.6. The molecule has 21 heavy (non-hydrogen) atoms. The van der Waals surface area contributed by atoms with Gasteiger partial charge in [0.1, 0.15) is 0 Å². The predicted molar refractivity (Wildman–Crippen MR) is 79.9 cm³/mol. The molecule has 1 aromatic rings. The number of methoxy groups -OCH3 is 1. The molecule has 0 N–H and O–H groups in total. The fourth-order valence-electron chi connectivity index (χ4n) is 2.44. The highest BCUT2D eigenvalue weighted by Gasteiger charge is 2.29. The third-order valence-electron chi connectivity index (χ3n) is 3.60. The van der Waals surface area contributed by atoms with Gasteiger partial charge in [0.05, 0.1) is 22.6 Å². The zero-order valence-electron chi connectivity index (χ0n) is 12.0. The van der Waals surface area contributed by atoms with Gasteiger partial charge in [-0.1, -0.05) is 18.5 Å². The lowest BCUT2D eigenvalue weighted by Crippen LogP contribution is -2.39. The Morgan fingerprint density at radius 3 is 2.76 bits per heavy atom. The minimum atomic E-state index is -3.61. The van der Waals surface area contributed by atoms with E-state index < -0.39 is 16.0 Å². The van der Waals surface area contributed by atoms with Crippen LogP contribution in [0.15, 0.2) is 23.1 Å². The first-order valence-corrected chi connectivity index (χ1v) is 8.56. The van der Waals surface area contributed by atoms with E-state index in [1.54, 1.807) is 0 Å². The normalized spacial score (nSPS) is 20.2. The van der Waals surface area contributed by atoms with Gasteiger partial charge in [-0.25, -0.2) is 13.2 Å². The van der Waals surface area contributed by atoms with Crippen molar-refractivity contribution in [3.8, 4) is 0 Å². The van der Waals surface area contributed by atoms with Crippen LogP contribution in [0.1, 0.15) is 30.1 Å². The summed E-state index contributed by atoms with van der Waals surface area (Å²) in [6.45, 7) is 3.03. The summed E-state index contributed by atoms with van der Waals surface area (Å²) < 4.78 is 31.4. The zero-order valence-corrected chi connectivity index (χ0v) is 13.6. The molecule has 0 amide bonds. The second-order valence-electron chi connectivity index (χ2n) is 5.24. The van der Waals surface area contributed by atoms with E-state index in [0.29, 0.717) is 19.0 Å². The van der Waals surface area contributed by atoms with Gasteiger partial charge >= 0.3 is 5.97 Å². The van der Waals surface area contributed by atoms with Crippen LogP contribution in [0.4, 0.5) is 0 Å². The highest BCUT2D eigenvalue weighted by atomic mass is 35.5. The van der Waals surface area contributed by atoms with Crippen LogP contribution in [-0.4, -0.2) is 38.9 Å². The third kappa shape index (κ3) is 3.39. The smallest absolute Gasteiger partial charge is 0.339 e. The van der Waals surface area contributed by atoms with Gasteiger partial charge in [0, 0.05) is 13.1 Å². The highest BCUT2D eigenvalue weighted by Crippen LogP contribution is 2.26. The number of hydrogen-bond donors (Lipinski definition) is 0. The molecule has 1 fully saturated rings. The van der Waals surface area contributed by atoms with Gasteiger partial charge in [-0.3, -0.25) is 0 Å². The van der Waals surface area contributed by atoms with Crippen molar-refractivity contribution in [2.24, 2.45) is 5.92 Å². The molecule has 0 saturated carbocycles. The van der Waals surface area contributed by atoms with Crippen molar-refractivity contribution in [2.75, 3.05) is 20.2 Å². The minimum Gasteiger partial charge on any atom is -0.465 e. The van der Waals surface area contributed by atoms with Crippen LogP contribution in [0, 0.1) is 5.92 Å².